The van der Waals surface area contributed by atoms with E-state index in [1.807, 2.05) is 37.3 Å². The number of unbranched alkanes of at least 4 members (excludes halogenated alkanes) is 2. The highest BCUT2D eigenvalue weighted by molar-refractivity contribution is 5.71. The third-order valence-electron chi connectivity index (χ3n) is 6.77. The lowest BCUT2D eigenvalue weighted by Gasteiger charge is -2.29. The minimum atomic E-state index is -0.365. The Morgan fingerprint density at radius 2 is 1.36 bits per heavy atom. The molecule has 0 N–H and O–H groups in total. The maximum Gasteiger partial charge on any atom is 0.306 e. The minimum absolute atomic E-state index is 0.0902. The third kappa shape index (κ3) is 14.0. The molecule has 0 aromatic heterocycles. The zero-order valence-electron chi connectivity index (χ0n) is 24.1. The van der Waals surface area contributed by atoms with Crippen molar-refractivity contribution in [1.82, 2.24) is 0 Å². The first kappa shape index (κ1) is 32.1. The smallest absolute Gasteiger partial charge is 0.306 e. The highest BCUT2D eigenvalue weighted by Crippen LogP contribution is 2.30. The van der Waals surface area contributed by atoms with Crippen LogP contribution in [0, 0.1) is 16.7 Å². The number of ether oxygens (including phenoxy) is 3. The second kappa shape index (κ2) is 16.8. The first-order chi connectivity index (χ1) is 17.0. The zero-order chi connectivity index (χ0) is 27.0. The van der Waals surface area contributed by atoms with Gasteiger partial charge in [0.25, 0.3) is 0 Å². The summed E-state index contributed by atoms with van der Waals surface area (Å²) in [6, 6.07) is 9.97. The molecule has 5 heteroatoms. The van der Waals surface area contributed by atoms with Gasteiger partial charge in [-0.3, -0.25) is 9.59 Å². The van der Waals surface area contributed by atoms with Gasteiger partial charge in [-0.05, 0) is 35.7 Å². The van der Waals surface area contributed by atoms with E-state index in [9.17, 15) is 9.59 Å². The van der Waals surface area contributed by atoms with Crippen molar-refractivity contribution in [2.24, 2.45) is 16.7 Å². The van der Waals surface area contributed by atoms with Crippen LogP contribution in [0.5, 0.6) is 0 Å². The lowest BCUT2D eigenvalue weighted by atomic mass is 9.84. The summed E-state index contributed by atoms with van der Waals surface area (Å²) < 4.78 is 17.7. The molecule has 0 saturated heterocycles. The van der Waals surface area contributed by atoms with Crippen LogP contribution in [0.4, 0.5) is 0 Å². The summed E-state index contributed by atoms with van der Waals surface area (Å²) in [4.78, 5) is 25.5. The standard InChI is InChI=1S/C31H52O5/c1-8-11-18-30(4,5)20-28(32)35-24-26(23-34-22-25-16-14-13-15-17-25)27(10-3)36-29(33)21-31(6,7)19-12-9-2/h13-17,26-27H,8-12,18-24H2,1-7H3. The number of benzene rings is 1. The van der Waals surface area contributed by atoms with E-state index in [2.05, 4.69) is 41.5 Å². The van der Waals surface area contributed by atoms with Crippen molar-refractivity contribution in [3.63, 3.8) is 0 Å². The van der Waals surface area contributed by atoms with E-state index in [4.69, 9.17) is 14.2 Å². The monoisotopic (exact) mass is 504 g/mol. The number of rotatable bonds is 19. The number of hydrogen-bond donors (Lipinski definition) is 0. The molecule has 1 aromatic carbocycles. The second-order valence-corrected chi connectivity index (χ2v) is 11.8. The molecule has 206 valence electrons. The molecule has 0 spiro atoms. The Balaban J connectivity index is 2.79. The molecule has 0 radical (unpaired) electrons. The zero-order valence-corrected chi connectivity index (χ0v) is 24.1. The number of carbonyl (C=O) groups excluding carboxylic acids is 2. The van der Waals surface area contributed by atoms with E-state index in [0.29, 0.717) is 32.5 Å². The molecule has 0 heterocycles. The van der Waals surface area contributed by atoms with E-state index >= 15 is 0 Å². The molecule has 2 atom stereocenters. The molecule has 0 aliphatic rings. The lowest BCUT2D eigenvalue weighted by molar-refractivity contribution is -0.160. The van der Waals surface area contributed by atoms with Crippen molar-refractivity contribution in [3.05, 3.63) is 35.9 Å². The highest BCUT2D eigenvalue weighted by Gasteiger charge is 2.30. The van der Waals surface area contributed by atoms with E-state index < -0.39 is 0 Å². The van der Waals surface area contributed by atoms with E-state index in [0.717, 1.165) is 44.1 Å². The Hall–Kier alpha value is -1.88. The summed E-state index contributed by atoms with van der Waals surface area (Å²) in [5, 5.41) is 0. The summed E-state index contributed by atoms with van der Waals surface area (Å²) in [5.74, 6) is -0.613. The Morgan fingerprint density at radius 1 is 0.806 bits per heavy atom. The van der Waals surface area contributed by atoms with Gasteiger partial charge < -0.3 is 14.2 Å². The maximum absolute atomic E-state index is 12.8. The summed E-state index contributed by atoms with van der Waals surface area (Å²) in [7, 11) is 0. The minimum Gasteiger partial charge on any atom is -0.465 e. The van der Waals surface area contributed by atoms with Crippen LogP contribution in [0.15, 0.2) is 30.3 Å². The fraction of sp³-hybridized carbons (Fsp3) is 0.742. The van der Waals surface area contributed by atoms with Crippen molar-refractivity contribution in [3.8, 4) is 0 Å². The van der Waals surface area contributed by atoms with Crippen molar-refractivity contribution in [1.29, 1.82) is 0 Å². The Bertz CT molecular complexity index is 741. The van der Waals surface area contributed by atoms with Gasteiger partial charge in [-0.1, -0.05) is 104 Å². The van der Waals surface area contributed by atoms with Crippen LogP contribution in [0.2, 0.25) is 0 Å². The maximum atomic E-state index is 12.8. The van der Waals surface area contributed by atoms with E-state index in [-0.39, 0.29) is 41.4 Å². The quantitative estimate of drug-likeness (QED) is 0.179. The van der Waals surface area contributed by atoms with Gasteiger partial charge >= 0.3 is 11.9 Å². The first-order valence-electron chi connectivity index (χ1n) is 14.0. The fourth-order valence-corrected chi connectivity index (χ4v) is 4.41. The van der Waals surface area contributed by atoms with Gasteiger partial charge in [0.05, 0.1) is 38.6 Å². The second-order valence-electron chi connectivity index (χ2n) is 11.8. The van der Waals surface area contributed by atoms with Crippen LogP contribution in [-0.4, -0.2) is 31.3 Å². The van der Waals surface area contributed by atoms with Gasteiger partial charge in [0.2, 0.25) is 0 Å². The average molecular weight is 505 g/mol. The SMILES string of the molecule is CCCCC(C)(C)CC(=O)OCC(COCc1ccccc1)C(CC)OC(=O)CC(C)(C)CCCC. The Labute approximate surface area is 220 Å². The molecular weight excluding hydrogens is 452 g/mol. The van der Waals surface area contributed by atoms with Crippen LogP contribution >= 0.6 is 0 Å². The molecule has 0 amide bonds. The molecule has 36 heavy (non-hydrogen) atoms. The van der Waals surface area contributed by atoms with Gasteiger partial charge in [0.1, 0.15) is 6.10 Å². The summed E-state index contributed by atoms with van der Waals surface area (Å²) in [6.07, 6.45) is 7.43. The van der Waals surface area contributed by atoms with Gasteiger partial charge in [0, 0.05) is 0 Å². The van der Waals surface area contributed by atoms with Crippen molar-refractivity contribution in [2.45, 2.75) is 119 Å². The summed E-state index contributed by atoms with van der Waals surface area (Å²) in [6.45, 7) is 15.8. The van der Waals surface area contributed by atoms with Gasteiger partial charge in [-0.25, -0.2) is 0 Å². The molecule has 0 fully saturated rings. The van der Waals surface area contributed by atoms with Gasteiger partial charge in [0.15, 0.2) is 0 Å². The van der Waals surface area contributed by atoms with Gasteiger partial charge in [-0.15, -0.1) is 0 Å². The molecule has 0 aliphatic heterocycles. The average Bonchev–Trinajstić information content (AvgIpc) is 2.82. The predicted octanol–water partition coefficient (Wildman–Crippen LogP) is 7.90. The fourth-order valence-electron chi connectivity index (χ4n) is 4.41. The Morgan fingerprint density at radius 3 is 1.89 bits per heavy atom. The van der Waals surface area contributed by atoms with Gasteiger partial charge in [-0.2, -0.15) is 0 Å². The normalized spacial score (nSPS) is 13.8. The first-order valence-corrected chi connectivity index (χ1v) is 14.0. The molecule has 0 bridgehead atoms. The largest absolute Gasteiger partial charge is 0.465 e. The number of esters is 2. The number of hydrogen-bond acceptors (Lipinski definition) is 5. The molecule has 1 rings (SSSR count). The lowest BCUT2D eigenvalue weighted by Crippen LogP contribution is -2.35. The molecule has 2 unspecified atom stereocenters. The molecule has 0 aliphatic carbocycles. The van der Waals surface area contributed by atoms with E-state index in [1.54, 1.807) is 0 Å². The van der Waals surface area contributed by atoms with Crippen molar-refractivity contribution in [2.75, 3.05) is 13.2 Å². The number of carbonyl (C=O) groups is 2. The van der Waals surface area contributed by atoms with Crippen LogP contribution in [0.1, 0.15) is 112 Å². The van der Waals surface area contributed by atoms with Crippen LogP contribution in [-0.2, 0) is 30.4 Å². The molecule has 1 aromatic rings. The topological polar surface area (TPSA) is 61.8 Å². The summed E-state index contributed by atoms with van der Waals surface area (Å²) >= 11 is 0. The van der Waals surface area contributed by atoms with E-state index in [1.165, 1.54) is 0 Å². The highest BCUT2D eigenvalue weighted by atomic mass is 16.6. The Kier molecular flexibility index (Phi) is 15.0. The molecule has 0 saturated carbocycles. The van der Waals surface area contributed by atoms with Crippen LogP contribution in [0.3, 0.4) is 0 Å². The summed E-state index contributed by atoms with van der Waals surface area (Å²) in [5.41, 5.74) is 0.891. The van der Waals surface area contributed by atoms with Crippen molar-refractivity contribution >= 4 is 11.9 Å². The molecule has 5 nitrogen and oxygen atoms in total. The van der Waals surface area contributed by atoms with Crippen molar-refractivity contribution < 1.29 is 23.8 Å². The predicted molar refractivity (Wildman–Crippen MR) is 147 cm³/mol. The van der Waals surface area contributed by atoms with Crippen LogP contribution in [0.25, 0.3) is 0 Å². The third-order valence-corrected chi connectivity index (χ3v) is 6.77. The molecular formula is C31H52O5. The van der Waals surface area contributed by atoms with Crippen LogP contribution < -0.4 is 0 Å².